The number of thiophene rings is 1. The summed E-state index contributed by atoms with van der Waals surface area (Å²) in [5, 5.41) is 4.85. The van der Waals surface area contributed by atoms with Crippen molar-refractivity contribution in [2.45, 2.75) is 32.4 Å². The number of carbonyl (C=O) groups is 2. The van der Waals surface area contributed by atoms with Gasteiger partial charge >= 0.3 is 0 Å². The van der Waals surface area contributed by atoms with E-state index in [1.807, 2.05) is 24.4 Å². The molecule has 1 N–H and O–H groups in total. The number of carbonyl (C=O) groups excluding carboxylic acids is 2. The highest BCUT2D eigenvalue weighted by atomic mass is 32.1. The minimum Gasteiger partial charge on any atom is -0.348 e. The van der Waals surface area contributed by atoms with Gasteiger partial charge in [-0.1, -0.05) is 6.07 Å². The summed E-state index contributed by atoms with van der Waals surface area (Å²) in [6.07, 6.45) is 3.84. The van der Waals surface area contributed by atoms with Crippen molar-refractivity contribution in [1.82, 2.24) is 15.2 Å². The highest BCUT2D eigenvalue weighted by Crippen LogP contribution is 2.17. The molecule has 0 radical (unpaired) electrons. The Morgan fingerprint density at radius 1 is 1.42 bits per heavy atom. The summed E-state index contributed by atoms with van der Waals surface area (Å²) >= 11 is 1.32. The molecule has 24 heavy (non-hydrogen) atoms. The quantitative estimate of drug-likeness (QED) is 0.848. The lowest BCUT2D eigenvalue weighted by Gasteiger charge is -2.32. The van der Waals surface area contributed by atoms with Crippen LogP contribution in [-0.4, -0.2) is 40.7 Å². The minimum absolute atomic E-state index is 0.00162. The first-order chi connectivity index (χ1) is 11.6. The molecule has 1 atom stereocenters. The second-order valence-corrected chi connectivity index (χ2v) is 7.04. The van der Waals surface area contributed by atoms with Gasteiger partial charge < -0.3 is 5.32 Å². The third kappa shape index (κ3) is 4.27. The summed E-state index contributed by atoms with van der Waals surface area (Å²) in [5.74, 6) is -0.0957. The Morgan fingerprint density at radius 2 is 2.29 bits per heavy atom. The monoisotopic (exact) mass is 343 g/mol. The lowest BCUT2D eigenvalue weighted by molar-refractivity contribution is 0.0900. The molecule has 1 aliphatic rings. The zero-order chi connectivity index (χ0) is 16.9. The fourth-order valence-corrected chi connectivity index (χ4v) is 3.74. The van der Waals surface area contributed by atoms with Crippen LogP contribution in [0.3, 0.4) is 0 Å². The number of aromatic nitrogens is 1. The summed E-state index contributed by atoms with van der Waals surface area (Å²) in [5.41, 5.74) is 1.63. The van der Waals surface area contributed by atoms with E-state index in [0.717, 1.165) is 38.2 Å². The molecule has 5 nitrogen and oxygen atoms in total. The van der Waals surface area contributed by atoms with Gasteiger partial charge in [-0.2, -0.15) is 0 Å². The first-order valence-corrected chi connectivity index (χ1v) is 9.02. The van der Waals surface area contributed by atoms with Crippen molar-refractivity contribution in [2.75, 3.05) is 13.1 Å². The number of hydrogen-bond acceptors (Lipinski definition) is 5. The van der Waals surface area contributed by atoms with Gasteiger partial charge in [0.1, 0.15) is 0 Å². The molecule has 6 heteroatoms. The molecule has 1 fully saturated rings. The topological polar surface area (TPSA) is 62.3 Å². The Labute approximate surface area is 145 Å². The van der Waals surface area contributed by atoms with E-state index >= 15 is 0 Å². The van der Waals surface area contributed by atoms with Crippen LogP contribution in [0.4, 0.5) is 0 Å². The van der Waals surface area contributed by atoms with Crippen LogP contribution in [0.15, 0.2) is 35.8 Å². The van der Waals surface area contributed by atoms with Crippen LogP contribution >= 0.6 is 11.3 Å². The van der Waals surface area contributed by atoms with E-state index in [4.69, 9.17) is 0 Å². The van der Waals surface area contributed by atoms with Crippen LogP contribution in [0.5, 0.6) is 0 Å². The maximum Gasteiger partial charge on any atom is 0.252 e. The van der Waals surface area contributed by atoms with Crippen molar-refractivity contribution >= 4 is 23.0 Å². The molecule has 0 aromatic carbocycles. The third-order valence-electron chi connectivity index (χ3n) is 4.16. The second kappa shape index (κ2) is 7.68. The van der Waals surface area contributed by atoms with Crippen LogP contribution in [0, 0.1) is 0 Å². The van der Waals surface area contributed by atoms with Crippen molar-refractivity contribution in [2.24, 2.45) is 0 Å². The molecule has 3 heterocycles. The fourth-order valence-electron chi connectivity index (χ4n) is 2.95. The van der Waals surface area contributed by atoms with E-state index in [1.54, 1.807) is 11.4 Å². The average molecular weight is 343 g/mol. The number of Topliss-reactive ketones (excluding diaryl/α,β-unsaturated/α-hetero) is 1. The molecule has 1 saturated heterocycles. The SMILES string of the molecule is CC(=O)c1cc(C(=O)NC2CCCN(Cc3ccccn3)C2)cs1. The van der Waals surface area contributed by atoms with Gasteiger partial charge in [0.25, 0.3) is 5.91 Å². The predicted octanol–water partition coefficient (Wildman–Crippen LogP) is 2.74. The summed E-state index contributed by atoms with van der Waals surface area (Å²) in [6, 6.07) is 7.75. The maximum absolute atomic E-state index is 12.4. The number of amides is 1. The molecule has 3 rings (SSSR count). The smallest absolute Gasteiger partial charge is 0.252 e. The Bertz CT molecular complexity index is 714. The molecule has 1 amide bonds. The zero-order valence-electron chi connectivity index (χ0n) is 13.7. The molecule has 0 aliphatic carbocycles. The molecular formula is C18H21N3O2S. The van der Waals surface area contributed by atoms with Gasteiger partial charge in [0, 0.05) is 30.7 Å². The highest BCUT2D eigenvalue weighted by Gasteiger charge is 2.22. The van der Waals surface area contributed by atoms with Gasteiger partial charge in [-0.15, -0.1) is 11.3 Å². The number of piperidine rings is 1. The molecule has 0 saturated carbocycles. The Kier molecular flexibility index (Phi) is 5.37. The van der Waals surface area contributed by atoms with Crippen molar-refractivity contribution in [3.05, 3.63) is 52.0 Å². The van der Waals surface area contributed by atoms with E-state index < -0.39 is 0 Å². The van der Waals surface area contributed by atoms with Crippen LogP contribution in [0.2, 0.25) is 0 Å². The summed E-state index contributed by atoms with van der Waals surface area (Å²) in [6.45, 7) is 4.17. The van der Waals surface area contributed by atoms with E-state index in [0.29, 0.717) is 10.4 Å². The van der Waals surface area contributed by atoms with E-state index in [-0.39, 0.29) is 17.7 Å². The first-order valence-electron chi connectivity index (χ1n) is 8.14. The van der Waals surface area contributed by atoms with Gasteiger partial charge in [0.15, 0.2) is 5.78 Å². The number of rotatable bonds is 5. The first kappa shape index (κ1) is 16.8. The standard InChI is InChI=1S/C18H21N3O2S/c1-13(22)17-9-14(12-24-17)18(23)20-16-6-4-8-21(11-16)10-15-5-2-3-7-19-15/h2-3,5,7,9,12,16H,4,6,8,10-11H2,1H3,(H,20,23). The lowest BCUT2D eigenvalue weighted by atomic mass is 10.0. The molecule has 126 valence electrons. The highest BCUT2D eigenvalue weighted by molar-refractivity contribution is 7.12. The van der Waals surface area contributed by atoms with Crippen LogP contribution in [0.25, 0.3) is 0 Å². The molecule has 0 bridgehead atoms. The Morgan fingerprint density at radius 3 is 3.00 bits per heavy atom. The molecule has 2 aromatic heterocycles. The van der Waals surface area contributed by atoms with Gasteiger partial charge in [0.05, 0.1) is 16.1 Å². The maximum atomic E-state index is 12.4. The van der Waals surface area contributed by atoms with E-state index in [2.05, 4.69) is 15.2 Å². The van der Waals surface area contributed by atoms with Crippen LogP contribution in [0.1, 0.15) is 45.5 Å². The van der Waals surface area contributed by atoms with Crippen molar-refractivity contribution in [3.8, 4) is 0 Å². The number of ketones is 1. The third-order valence-corrected chi connectivity index (χ3v) is 5.19. The van der Waals surface area contributed by atoms with Crippen molar-refractivity contribution in [1.29, 1.82) is 0 Å². The molecule has 1 unspecified atom stereocenters. The molecule has 2 aromatic rings. The molecule has 1 aliphatic heterocycles. The number of nitrogens with one attached hydrogen (secondary N) is 1. The van der Waals surface area contributed by atoms with Gasteiger partial charge in [-0.25, -0.2) is 0 Å². The van der Waals surface area contributed by atoms with Gasteiger partial charge in [0.2, 0.25) is 0 Å². The lowest BCUT2D eigenvalue weighted by Crippen LogP contribution is -2.47. The molecule has 0 spiro atoms. The Hall–Kier alpha value is -2.05. The van der Waals surface area contributed by atoms with E-state index in [9.17, 15) is 9.59 Å². The summed E-state index contributed by atoms with van der Waals surface area (Å²) in [4.78, 5) is 31.0. The zero-order valence-corrected chi connectivity index (χ0v) is 14.5. The number of hydrogen-bond donors (Lipinski definition) is 1. The number of pyridine rings is 1. The van der Waals surface area contributed by atoms with E-state index in [1.165, 1.54) is 18.3 Å². The average Bonchev–Trinajstić information content (AvgIpc) is 3.06. The van der Waals surface area contributed by atoms with Gasteiger partial charge in [-0.05, 0) is 44.5 Å². The van der Waals surface area contributed by atoms with Crippen molar-refractivity contribution < 1.29 is 9.59 Å². The number of likely N-dealkylation sites (tertiary alicyclic amines) is 1. The summed E-state index contributed by atoms with van der Waals surface area (Å²) in [7, 11) is 0. The summed E-state index contributed by atoms with van der Waals surface area (Å²) < 4.78 is 0. The predicted molar refractivity (Wildman–Crippen MR) is 94.3 cm³/mol. The Balaban J connectivity index is 1.56. The largest absolute Gasteiger partial charge is 0.348 e. The van der Waals surface area contributed by atoms with Crippen LogP contribution in [-0.2, 0) is 6.54 Å². The molecular weight excluding hydrogens is 322 g/mol. The van der Waals surface area contributed by atoms with Gasteiger partial charge in [-0.3, -0.25) is 19.5 Å². The van der Waals surface area contributed by atoms with Crippen LogP contribution < -0.4 is 5.32 Å². The second-order valence-electron chi connectivity index (χ2n) is 6.12. The fraction of sp³-hybridized carbons (Fsp3) is 0.389. The number of nitrogens with zero attached hydrogens (tertiary/aromatic N) is 2. The normalized spacial score (nSPS) is 18.3. The van der Waals surface area contributed by atoms with Crippen molar-refractivity contribution in [3.63, 3.8) is 0 Å². The minimum atomic E-state index is -0.0940.